The van der Waals surface area contributed by atoms with Gasteiger partial charge in [0.2, 0.25) is 35.4 Å². The number of amides is 6. The highest BCUT2D eigenvalue weighted by Gasteiger charge is 2.40. The Labute approximate surface area is 327 Å². The quantitative estimate of drug-likeness (QED) is 0.118. The van der Waals surface area contributed by atoms with Crippen LogP contribution in [0, 0.1) is 17.8 Å². The van der Waals surface area contributed by atoms with E-state index >= 15 is 0 Å². The Balaban J connectivity index is 1.98. The molecule has 2 saturated heterocycles. The molecular formula is C39H70N8O8. The van der Waals surface area contributed by atoms with Gasteiger partial charge in [-0.2, -0.15) is 0 Å². The second kappa shape index (κ2) is 22.4. The lowest BCUT2D eigenvalue weighted by atomic mass is 9.83. The number of ether oxygens (including phenoxy) is 1. The maximum absolute atomic E-state index is 14.2. The number of likely N-dealkylation sites (N-methyl/N-ethyl adjacent to an activating group) is 1. The van der Waals surface area contributed by atoms with Crippen LogP contribution in [0.4, 0.5) is 0 Å². The molecule has 1 aliphatic carbocycles. The van der Waals surface area contributed by atoms with Gasteiger partial charge >= 0.3 is 0 Å². The normalized spacial score (nSPS) is 29.5. The Bertz CT molecular complexity index is 1290. The van der Waals surface area contributed by atoms with Crippen LogP contribution < -0.4 is 37.6 Å². The average molecular weight is 779 g/mol. The van der Waals surface area contributed by atoms with Crippen molar-refractivity contribution >= 4 is 35.4 Å². The summed E-state index contributed by atoms with van der Waals surface area (Å²) in [6, 6.07) is -4.96. The Kier molecular flexibility index (Phi) is 18.8. The zero-order chi connectivity index (χ0) is 40.7. The molecule has 0 spiro atoms. The molecule has 7 atom stereocenters. The summed E-state index contributed by atoms with van der Waals surface area (Å²) in [7, 11) is 1.62. The van der Waals surface area contributed by atoms with E-state index in [9.17, 15) is 33.9 Å². The van der Waals surface area contributed by atoms with Gasteiger partial charge in [0.25, 0.3) is 0 Å². The van der Waals surface area contributed by atoms with E-state index in [4.69, 9.17) is 10.5 Å². The minimum atomic E-state index is -1.27. The third kappa shape index (κ3) is 14.3. The molecule has 3 aliphatic rings. The molecule has 16 heteroatoms. The second-order valence-electron chi connectivity index (χ2n) is 16.6. The molecule has 3 fully saturated rings. The maximum atomic E-state index is 14.2. The summed E-state index contributed by atoms with van der Waals surface area (Å²) in [6.07, 6.45) is 8.30. The smallest absolute Gasteiger partial charge is 0.244 e. The van der Waals surface area contributed by atoms with Crippen LogP contribution >= 0.6 is 0 Å². The monoisotopic (exact) mass is 779 g/mol. The van der Waals surface area contributed by atoms with Crippen molar-refractivity contribution in [1.29, 1.82) is 0 Å². The van der Waals surface area contributed by atoms with E-state index in [1.54, 1.807) is 20.9 Å². The van der Waals surface area contributed by atoms with Crippen molar-refractivity contribution in [3.8, 4) is 0 Å². The van der Waals surface area contributed by atoms with Crippen LogP contribution in [0.25, 0.3) is 0 Å². The minimum Gasteiger partial charge on any atom is -0.387 e. The van der Waals surface area contributed by atoms with Crippen LogP contribution in [0.5, 0.6) is 0 Å². The summed E-state index contributed by atoms with van der Waals surface area (Å²) in [6.45, 7) is 9.58. The van der Waals surface area contributed by atoms with E-state index in [0.717, 1.165) is 44.9 Å². The maximum Gasteiger partial charge on any atom is 0.244 e. The van der Waals surface area contributed by atoms with Crippen molar-refractivity contribution in [3.05, 3.63) is 0 Å². The molecule has 0 aromatic heterocycles. The topological polar surface area (TPSA) is 233 Å². The molecule has 0 unspecified atom stereocenters. The van der Waals surface area contributed by atoms with E-state index in [1.807, 2.05) is 13.8 Å². The number of rotatable bonds is 13. The number of hydrogen-bond donors (Lipinski definition) is 8. The molecule has 2 heterocycles. The predicted molar refractivity (Wildman–Crippen MR) is 208 cm³/mol. The van der Waals surface area contributed by atoms with E-state index in [0.29, 0.717) is 25.7 Å². The molecule has 0 aromatic rings. The molecule has 6 amide bonds. The average Bonchev–Trinajstić information content (AvgIpc) is 3.14. The van der Waals surface area contributed by atoms with E-state index < -0.39 is 77.4 Å². The standard InChI is InChI=1S/C39H70N8O8/c1-7-8-9-13-16-31-26(5)38(53)47(6)30(17-24(2)3)36(51)46-33(27-14-11-10-12-15-27)37(52)44-28(19-40)34(49)45-29(35(50)43-25(4)21-55-31)20-42-32(48)18-39(54)22-41-23-39/h24-31,33,41,54H,7-23,40H2,1-6H3,(H,42,48)(H,43,50)(H,44,52)(H,45,49)(H,46,51)/t25-,26-,28+,29+,30+,31-,33+/m1/s1. The highest BCUT2D eigenvalue weighted by Crippen LogP contribution is 2.28. The number of carbonyl (C=O) groups excluding carboxylic acids is 6. The summed E-state index contributed by atoms with van der Waals surface area (Å²) in [5.74, 6) is -3.92. The molecule has 1 saturated carbocycles. The van der Waals surface area contributed by atoms with E-state index in [2.05, 4.69) is 38.8 Å². The number of nitrogens with zero attached hydrogens (tertiary/aromatic N) is 1. The molecule has 0 radical (unpaired) electrons. The highest BCUT2D eigenvalue weighted by molar-refractivity contribution is 5.96. The molecule has 2 aliphatic heterocycles. The third-order valence-electron chi connectivity index (χ3n) is 11.2. The number of hydrogen-bond acceptors (Lipinski definition) is 10. The summed E-state index contributed by atoms with van der Waals surface area (Å²) in [5, 5.41) is 27.2. The minimum absolute atomic E-state index is 0.0541. The van der Waals surface area contributed by atoms with Gasteiger partial charge < -0.3 is 52.4 Å². The number of nitrogens with two attached hydrogens (primary N) is 1. The van der Waals surface area contributed by atoms with Gasteiger partial charge in [-0.25, -0.2) is 0 Å². The fraction of sp³-hybridized carbons (Fsp3) is 0.846. The fourth-order valence-electron chi connectivity index (χ4n) is 7.63. The largest absolute Gasteiger partial charge is 0.387 e. The van der Waals surface area contributed by atoms with Gasteiger partial charge in [0, 0.05) is 39.3 Å². The number of aliphatic hydroxyl groups is 1. The SMILES string of the molecule is CCCCCC[C@H]1OC[C@@H](C)NC(=O)[C@H](CNC(=O)CC2(O)CNC2)NC(=O)[C@H](CN)NC(=O)[C@H](C2CCCCC2)NC(=O)[C@H](CC(C)C)N(C)C(=O)[C@@H]1C. The number of carbonyl (C=O) groups is 6. The molecule has 9 N–H and O–H groups in total. The number of nitrogens with one attached hydrogen (secondary N) is 6. The van der Waals surface area contributed by atoms with Crippen LogP contribution in [0.2, 0.25) is 0 Å². The van der Waals surface area contributed by atoms with Crippen LogP contribution in [-0.4, -0.2) is 127 Å². The highest BCUT2D eigenvalue weighted by atomic mass is 16.5. The van der Waals surface area contributed by atoms with Crippen molar-refractivity contribution in [2.45, 2.75) is 154 Å². The first-order valence-electron chi connectivity index (χ1n) is 20.6. The van der Waals surface area contributed by atoms with E-state index in [1.165, 1.54) is 4.90 Å². The fourth-order valence-corrected chi connectivity index (χ4v) is 7.63. The third-order valence-corrected chi connectivity index (χ3v) is 11.2. The van der Waals surface area contributed by atoms with Crippen LogP contribution in [-0.2, 0) is 33.5 Å². The van der Waals surface area contributed by atoms with E-state index in [-0.39, 0.29) is 56.9 Å². The van der Waals surface area contributed by atoms with Crippen molar-refractivity contribution < 1.29 is 38.6 Å². The summed E-state index contributed by atoms with van der Waals surface area (Å²) < 4.78 is 6.37. The van der Waals surface area contributed by atoms with Gasteiger partial charge in [0.15, 0.2) is 0 Å². The lowest BCUT2D eigenvalue weighted by Gasteiger charge is -2.37. The summed E-state index contributed by atoms with van der Waals surface area (Å²) in [5.41, 5.74) is 4.83. The Morgan fingerprint density at radius 1 is 0.927 bits per heavy atom. The van der Waals surface area contributed by atoms with Gasteiger partial charge in [-0.15, -0.1) is 0 Å². The van der Waals surface area contributed by atoms with Crippen LogP contribution in [0.3, 0.4) is 0 Å². The molecule has 55 heavy (non-hydrogen) atoms. The second-order valence-corrected chi connectivity index (χ2v) is 16.6. The first-order valence-corrected chi connectivity index (χ1v) is 20.6. The van der Waals surface area contributed by atoms with Gasteiger partial charge in [-0.1, -0.05) is 72.6 Å². The number of unbranched alkanes of at least 4 members (excludes halogenated alkanes) is 3. The first-order chi connectivity index (χ1) is 26.1. The Morgan fingerprint density at radius 3 is 2.18 bits per heavy atom. The zero-order valence-electron chi connectivity index (χ0n) is 34.0. The van der Waals surface area contributed by atoms with Crippen molar-refractivity contribution in [2.24, 2.45) is 23.5 Å². The Morgan fingerprint density at radius 2 is 1.58 bits per heavy atom. The molecule has 314 valence electrons. The van der Waals surface area contributed by atoms with Gasteiger partial charge in [-0.3, -0.25) is 28.8 Å². The molecule has 3 rings (SSSR count). The Hall–Kier alpha value is -3.34. The summed E-state index contributed by atoms with van der Waals surface area (Å²) in [4.78, 5) is 84.2. The lowest BCUT2D eigenvalue weighted by molar-refractivity contribution is -0.147. The number of β-amino-alcohol motifs (C(OH)–C–C–N with tert-alkyl or cyclic N) is 1. The van der Waals surface area contributed by atoms with Crippen molar-refractivity contribution in [1.82, 2.24) is 36.8 Å². The molecule has 16 nitrogen and oxygen atoms in total. The van der Waals surface area contributed by atoms with Crippen molar-refractivity contribution in [2.75, 3.05) is 39.8 Å². The first kappa shape index (κ1) is 46.0. The lowest BCUT2D eigenvalue weighted by Crippen LogP contribution is -2.63. The molecule has 0 bridgehead atoms. The van der Waals surface area contributed by atoms with Gasteiger partial charge in [-0.05, 0) is 44.4 Å². The molecule has 0 aromatic carbocycles. The van der Waals surface area contributed by atoms with Crippen LogP contribution in [0.1, 0.15) is 112 Å². The molecular weight excluding hydrogens is 708 g/mol. The van der Waals surface area contributed by atoms with Crippen LogP contribution in [0.15, 0.2) is 0 Å². The summed E-state index contributed by atoms with van der Waals surface area (Å²) >= 11 is 0. The zero-order valence-corrected chi connectivity index (χ0v) is 34.0. The van der Waals surface area contributed by atoms with Gasteiger partial charge in [0.1, 0.15) is 24.2 Å². The van der Waals surface area contributed by atoms with Gasteiger partial charge in [0.05, 0.1) is 30.7 Å². The van der Waals surface area contributed by atoms with Crippen molar-refractivity contribution in [3.63, 3.8) is 0 Å². The predicted octanol–water partition coefficient (Wildman–Crippen LogP) is 0.204.